The summed E-state index contributed by atoms with van der Waals surface area (Å²) < 4.78 is 6.04. The molecule has 0 N–H and O–H groups in total. The average molecular weight is 362 g/mol. The van der Waals surface area contributed by atoms with Gasteiger partial charge in [-0.1, -0.05) is 0 Å². The second-order valence-corrected chi connectivity index (χ2v) is 5.59. The van der Waals surface area contributed by atoms with Gasteiger partial charge < -0.3 is 9.64 Å². The Morgan fingerprint density at radius 1 is 1.18 bits per heavy atom. The molecular weight excluding hydrogens is 350 g/mol. The van der Waals surface area contributed by atoms with Crippen LogP contribution in [0.4, 0.5) is 5.82 Å². The lowest BCUT2D eigenvalue weighted by molar-refractivity contribution is 0.122. The fraction of sp³-hybridized carbons (Fsp3) is 0.308. The maximum Gasteiger partial charge on any atom is 0.271 e. The molecule has 3 aromatic heterocycles. The van der Waals surface area contributed by atoms with Crippen molar-refractivity contribution in [1.29, 1.82) is 0 Å². The number of morpholine rings is 1. The molecule has 0 saturated carbocycles. The molecule has 1 aliphatic rings. The van der Waals surface area contributed by atoms with Crippen LogP contribution in [0, 0.1) is 0 Å². The van der Waals surface area contributed by atoms with Crippen LogP contribution in [-0.4, -0.2) is 56.2 Å². The van der Waals surface area contributed by atoms with E-state index in [9.17, 15) is 0 Å². The number of pyridine rings is 1. The number of ether oxygens (including phenoxy) is 1. The number of anilines is 1. The molecule has 1 aliphatic heterocycles. The van der Waals surface area contributed by atoms with E-state index in [4.69, 9.17) is 4.74 Å². The van der Waals surface area contributed by atoms with Gasteiger partial charge in [-0.2, -0.15) is 10.1 Å². The van der Waals surface area contributed by atoms with E-state index in [0.717, 1.165) is 29.9 Å². The number of hydrogen-bond acceptors (Lipinski definition) is 7. The quantitative estimate of drug-likeness (QED) is 0.678. The van der Waals surface area contributed by atoms with Crippen molar-refractivity contribution in [2.45, 2.75) is 0 Å². The maximum atomic E-state index is 5.41. The van der Waals surface area contributed by atoms with Gasteiger partial charge in [-0.15, -0.1) is 9.90 Å². The molecule has 9 heteroatoms. The normalized spacial score (nSPS) is 15.4. The van der Waals surface area contributed by atoms with Gasteiger partial charge in [-0.3, -0.25) is 4.98 Å². The zero-order chi connectivity index (χ0) is 14.9. The molecule has 0 aliphatic carbocycles. The Labute approximate surface area is 134 Å². The summed E-state index contributed by atoms with van der Waals surface area (Å²) in [7, 11) is 0. The Balaban J connectivity index is 1.88. The highest BCUT2D eigenvalue weighted by Gasteiger charge is 2.19. The van der Waals surface area contributed by atoms with Crippen molar-refractivity contribution in [1.82, 2.24) is 29.9 Å². The third kappa shape index (κ3) is 2.42. The first kappa shape index (κ1) is 13.5. The van der Waals surface area contributed by atoms with Crippen LogP contribution in [0.1, 0.15) is 0 Å². The lowest BCUT2D eigenvalue weighted by Gasteiger charge is -2.28. The molecular formula is C13H12BrN7O. The molecule has 4 heterocycles. The van der Waals surface area contributed by atoms with Gasteiger partial charge in [-0.05, 0) is 28.1 Å². The molecule has 3 aromatic rings. The first-order valence-electron chi connectivity index (χ1n) is 6.85. The Bertz CT molecular complexity index is 815. The predicted molar refractivity (Wildman–Crippen MR) is 83.0 cm³/mol. The standard InChI is InChI=1S/C13H12BrN7O/c14-10-8-16-21(19-10)13-17-9-2-1-3-15-11(9)12(18-13)20-4-6-22-7-5-20/h1-3,8H,4-7H2. The molecule has 0 bridgehead atoms. The van der Waals surface area contributed by atoms with Gasteiger partial charge in [0.2, 0.25) is 0 Å². The number of hydrogen-bond donors (Lipinski definition) is 0. The van der Waals surface area contributed by atoms with Crippen molar-refractivity contribution in [3.63, 3.8) is 0 Å². The van der Waals surface area contributed by atoms with E-state index in [1.165, 1.54) is 4.80 Å². The lowest BCUT2D eigenvalue weighted by atomic mass is 10.3. The monoisotopic (exact) mass is 361 g/mol. The van der Waals surface area contributed by atoms with Crippen LogP contribution in [0.2, 0.25) is 0 Å². The first-order chi connectivity index (χ1) is 10.8. The number of nitrogens with zero attached hydrogens (tertiary/aromatic N) is 7. The summed E-state index contributed by atoms with van der Waals surface area (Å²) in [5, 5.41) is 8.36. The Morgan fingerprint density at radius 3 is 2.82 bits per heavy atom. The molecule has 0 unspecified atom stereocenters. The Kier molecular flexibility index (Phi) is 3.43. The largest absolute Gasteiger partial charge is 0.378 e. The zero-order valence-electron chi connectivity index (χ0n) is 11.6. The van der Waals surface area contributed by atoms with Crippen LogP contribution in [0.3, 0.4) is 0 Å². The SMILES string of the molecule is Brc1cnn(-c2nc(N3CCOCC3)c3ncccc3n2)n1. The van der Waals surface area contributed by atoms with Crippen molar-refractivity contribution in [3.05, 3.63) is 29.1 Å². The predicted octanol–water partition coefficient (Wildman–Crippen LogP) is 1.20. The summed E-state index contributed by atoms with van der Waals surface area (Å²) in [6.45, 7) is 2.91. The Hall–Kier alpha value is -2.13. The van der Waals surface area contributed by atoms with E-state index < -0.39 is 0 Å². The van der Waals surface area contributed by atoms with Gasteiger partial charge in [0.05, 0.1) is 24.9 Å². The summed E-state index contributed by atoms with van der Waals surface area (Å²) in [5.74, 6) is 1.21. The highest BCUT2D eigenvalue weighted by atomic mass is 79.9. The number of fused-ring (bicyclic) bond motifs is 1. The molecule has 8 nitrogen and oxygen atoms in total. The Morgan fingerprint density at radius 2 is 2.05 bits per heavy atom. The molecule has 22 heavy (non-hydrogen) atoms. The summed E-state index contributed by atoms with van der Waals surface area (Å²) in [6.07, 6.45) is 3.35. The second-order valence-electron chi connectivity index (χ2n) is 4.77. The first-order valence-corrected chi connectivity index (χ1v) is 7.64. The topological polar surface area (TPSA) is 81.9 Å². The van der Waals surface area contributed by atoms with Crippen LogP contribution in [0.15, 0.2) is 29.1 Å². The minimum absolute atomic E-state index is 0.424. The van der Waals surface area contributed by atoms with Crippen LogP contribution in [0.25, 0.3) is 17.0 Å². The summed E-state index contributed by atoms with van der Waals surface area (Å²) in [5.41, 5.74) is 1.54. The van der Waals surface area contributed by atoms with E-state index in [-0.39, 0.29) is 0 Å². The number of halogens is 1. The summed E-state index contributed by atoms with van der Waals surface area (Å²) >= 11 is 3.29. The highest BCUT2D eigenvalue weighted by Crippen LogP contribution is 2.23. The van der Waals surface area contributed by atoms with Crippen molar-refractivity contribution < 1.29 is 4.74 Å². The molecule has 1 fully saturated rings. The molecule has 4 rings (SSSR count). The van der Waals surface area contributed by atoms with Gasteiger partial charge in [-0.25, -0.2) is 4.98 Å². The van der Waals surface area contributed by atoms with Crippen molar-refractivity contribution in [3.8, 4) is 5.95 Å². The molecule has 0 spiro atoms. The molecule has 0 aromatic carbocycles. The smallest absolute Gasteiger partial charge is 0.271 e. The van der Waals surface area contributed by atoms with Gasteiger partial charge in [0.15, 0.2) is 5.82 Å². The van der Waals surface area contributed by atoms with E-state index in [1.54, 1.807) is 12.4 Å². The van der Waals surface area contributed by atoms with E-state index in [0.29, 0.717) is 23.8 Å². The third-order valence-electron chi connectivity index (χ3n) is 3.38. The molecule has 0 amide bonds. The lowest BCUT2D eigenvalue weighted by Crippen LogP contribution is -2.37. The summed E-state index contributed by atoms with van der Waals surface area (Å²) in [6, 6.07) is 3.77. The van der Waals surface area contributed by atoms with Crippen LogP contribution >= 0.6 is 15.9 Å². The average Bonchev–Trinajstić information content (AvgIpc) is 3.01. The highest BCUT2D eigenvalue weighted by molar-refractivity contribution is 9.10. The molecule has 0 radical (unpaired) electrons. The van der Waals surface area contributed by atoms with Crippen molar-refractivity contribution >= 4 is 32.8 Å². The van der Waals surface area contributed by atoms with Crippen molar-refractivity contribution in [2.24, 2.45) is 0 Å². The fourth-order valence-electron chi connectivity index (χ4n) is 2.37. The van der Waals surface area contributed by atoms with E-state index >= 15 is 0 Å². The number of aromatic nitrogens is 6. The number of rotatable bonds is 2. The van der Waals surface area contributed by atoms with Gasteiger partial charge >= 0.3 is 0 Å². The van der Waals surface area contributed by atoms with Gasteiger partial charge in [0.25, 0.3) is 5.95 Å². The van der Waals surface area contributed by atoms with Crippen LogP contribution < -0.4 is 4.90 Å². The fourth-order valence-corrected chi connectivity index (χ4v) is 2.61. The van der Waals surface area contributed by atoms with Crippen LogP contribution in [-0.2, 0) is 4.74 Å². The second kappa shape index (κ2) is 5.58. The third-order valence-corrected chi connectivity index (χ3v) is 3.74. The van der Waals surface area contributed by atoms with Gasteiger partial charge in [0, 0.05) is 19.3 Å². The minimum Gasteiger partial charge on any atom is -0.378 e. The molecule has 0 atom stereocenters. The maximum absolute atomic E-state index is 5.41. The van der Waals surface area contributed by atoms with Gasteiger partial charge in [0.1, 0.15) is 10.1 Å². The zero-order valence-corrected chi connectivity index (χ0v) is 13.1. The minimum atomic E-state index is 0.424. The van der Waals surface area contributed by atoms with E-state index in [1.807, 2.05) is 12.1 Å². The molecule has 112 valence electrons. The summed E-state index contributed by atoms with van der Waals surface area (Å²) in [4.78, 5) is 17.1. The van der Waals surface area contributed by atoms with Crippen molar-refractivity contribution in [2.75, 3.05) is 31.2 Å². The van der Waals surface area contributed by atoms with E-state index in [2.05, 4.69) is 46.0 Å². The van der Waals surface area contributed by atoms with Crippen LogP contribution in [0.5, 0.6) is 0 Å². The molecule has 1 saturated heterocycles.